The van der Waals surface area contributed by atoms with Gasteiger partial charge in [-0.05, 0) is 36.4 Å². The first kappa shape index (κ1) is 13.7. The van der Waals surface area contributed by atoms with Crippen molar-refractivity contribution in [2.75, 3.05) is 13.7 Å². The lowest BCUT2D eigenvalue weighted by atomic mass is 10.3. The summed E-state index contributed by atoms with van der Waals surface area (Å²) in [7, 11) is 1.60. The van der Waals surface area contributed by atoms with Crippen molar-refractivity contribution < 1.29 is 9.47 Å². The van der Waals surface area contributed by atoms with E-state index in [1.807, 2.05) is 6.07 Å². The molecule has 5 nitrogen and oxygen atoms in total. The molecule has 0 aliphatic heterocycles. The Morgan fingerprint density at radius 3 is 2.55 bits per heavy atom. The number of hydrogen-bond acceptors (Lipinski definition) is 4. The minimum Gasteiger partial charge on any atom is -0.497 e. The fourth-order valence-electron chi connectivity index (χ4n) is 1.73. The summed E-state index contributed by atoms with van der Waals surface area (Å²) in [4.78, 5) is 11.8. The van der Waals surface area contributed by atoms with Gasteiger partial charge in [0.2, 0.25) is 0 Å². The fraction of sp³-hybridized carbons (Fsp3) is 0.200. The summed E-state index contributed by atoms with van der Waals surface area (Å²) in [6, 6.07) is 12.3. The molecule has 102 valence electrons. The molecule has 0 saturated carbocycles. The highest BCUT2D eigenvalue weighted by Gasteiger charge is 2.02. The molecular formula is C15H14N2O3. The molecule has 2 aromatic rings. The largest absolute Gasteiger partial charge is 0.497 e. The zero-order chi connectivity index (χ0) is 14.4. The van der Waals surface area contributed by atoms with Crippen molar-refractivity contribution >= 4 is 0 Å². The van der Waals surface area contributed by atoms with E-state index in [0.29, 0.717) is 18.9 Å². The van der Waals surface area contributed by atoms with Gasteiger partial charge in [-0.25, -0.2) is 0 Å². The number of benzene rings is 1. The minimum absolute atomic E-state index is 0.136. The Labute approximate surface area is 116 Å². The van der Waals surface area contributed by atoms with Gasteiger partial charge in [-0.2, -0.15) is 5.26 Å². The molecule has 0 amide bonds. The normalized spacial score (nSPS) is 9.80. The summed E-state index contributed by atoms with van der Waals surface area (Å²) in [5.41, 5.74) is -0.162. The monoisotopic (exact) mass is 270 g/mol. The van der Waals surface area contributed by atoms with Crippen molar-refractivity contribution in [3.8, 4) is 17.6 Å². The van der Waals surface area contributed by atoms with E-state index in [1.54, 1.807) is 43.6 Å². The molecule has 0 radical (unpaired) electrons. The zero-order valence-electron chi connectivity index (χ0n) is 11.1. The van der Waals surface area contributed by atoms with Crippen LogP contribution in [0.1, 0.15) is 5.56 Å². The number of hydrogen-bond donors (Lipinski definition) is 0. The van der Waals surface area contributed by atoms with Crippen LogP contribution < -0.4 is 15.0 Å². The Morgan fingerprint density at radius 2 is 1.90 bits per heavy atom. The average Bonchev–Trinajstić information content (AvgIpc) is 2.49. The molecular weight excluding hydrogens is 256 g/mol. The Hall–Kier alpha value is -2.74. The van der Waals surface area contributed by atoms with Crippen LogP contribution in [0.25, 0.3) is 0 Å². The Kier molecular flexibility index (Phi) is 4.40. The van der Waals surface area contributed by atoms with Crippen molar-refractivity contribution in [3.63, 3.8) is 0 Å². The molecule has 1 aromatic heterocycles. The van der Waals surface area contributed by atoms with Gasteiger partial charge in [0.15, 0.2) is 0 Å². The van der Waals surface area contributed by atoms with Crippen molar-refractivity contribution in [1.29, 1.82) is 5.26 Å². The first-order valence-electron chi connectivity index (χ1n) is 6.11. The molecule has 1 aromatic carbocycles. The van der Waals surface area contributed by atoms with Crippen LogP contribution in [0.15, 0.2) is 47.4 Å². The smallest absolute Gasteiger partial charge is 0.268 e. The summed E-state index contributed by atoms with van der Waals surface area (Å²) in [6.45, 7) is 0.738. The first-order valence-corrected chi connectivity index (χ1v) is 6.11. The second kappa shape index (κ2) is 6.43. The van der Waals surface area contributed by atoms with Crippen LogP contribution in [0.2, 0.25) is 0 Å². The number of methoxy groups -OCH3 is 1. The van der Waals surface area contributed by atoms with Crippen LogP contribution in [0.3, 0.4) is 0 Å². The van der Waals surface area contributed by atoms with Crippen molar-refractivity contribution in [1.82, 2.24) is 4.57 Å². The highest BCUT2D eigenvalue weighted by atomic mass is 16.5. The van der Waals surface area contributed by atoms with Crippen LogP contribution in [-0.4, -0.2) is 18.3 Å². The Bertz CT molecular complexity index is 669. The van der Waals surface area contributed by atoms with E-state index in [0.717, 1.165) is 5.75 Å². The maximum Gasteiger partial charge on any atom is 0.268 e. The summed E-state index contributed by atoms with van der Waals surface area (Å²) in [5.74, 6) is 1.46. The number of pyridine rings is 1. The van der Waals surface area contributed by atoms with E-state index in [1.165, 1.54) is 10.6 Å². The van der Waals surface area contributed by atoms with Gasteiger partial charge in [0, 0.05) is 6.20 Å². The van der Waals surface area contributed by atoms with E-state index >= 15 is 0 Å². The van der Waals surface area contributed by atoms with Gasteiger partial charge in [-0.3, -0.25) is 4.79 Å². The predicted molar refractivity (Wildman–Crippen MR) is 73.9 cm³/mol. The standard InChI is InChI=1S/C15H14N2O3/c1-19-13-4-6-14(7-5-13)20-10-9-17-8-2-3-12(11-16)15(17)18/h2-8H,9-10H2,1H3. The molecule has 0 spiro atoms. The van der Waals surface area contributed by atoms with Gasteiger partial charge in [-0.15, -0.1) is 0 Å². The highest BCUT2D eigenvalue weighted by Crippen LogP contribution is 2.16. The van der Waals surface area contributed by atoms with Gasteiger partial charge in [0.1, 0.15) is 29.7 Å². The van der Waals surface area contributed by atoms with Gasteiger partial charge in [0.05, 0.1) is 13.7 Å². The summed E-state index contributed by atoms with van der Waals surface area (Å²) in [6.07, 6.45) is 1.64. The third-order valence-electron chi connectivity index (χ3n) is 2.80. The summed E-state index contributed by atoms with van der Waals surface area (Å²) >= 11 is 0. The highest BCUT2D eigenvalue weighted by molar-refractivity contribution is 5.31. The Balaban J connectivity index is 1.96. The van der Waals surface area contributed by atoms with Crippen LogP contribution in [0.5, 0.6) is 11.5 Å². The van der Waals surface area contributed by atoms with Crippen LogP contribution >= 0.6 is 0 Å². The third-order valence-corrected chi connectivity index (χ3v) is 2.80. The molecule has 5 heteroatoms. The van der Waals surface area contributed by atoms with E-state index in [4.69, 9.17) is 14.7 Å². The number of ether oxygens (including phenoxy) is 2. The lowest BCUT2D eigenvalue weighted by Gasteiger charge is -2.08. The van der Waals surface area contributed by atoms with Gasteiger partial charge >= 0.3 is 0 Å². The molecule has 0 fully saturated rings. The van der Waals surface area contributed by atoms with Crippen LogP contribution in [-0.2, 0) is 6.54 Å². The molecule has 0 aliphatic rings. The zero-order valence-corrected chi connectivity index (χ0v) is 11.1. The molecule has 0 N–H and O–H groups in total. The summed E-state index contributed by atoms with van der Waals surface area (Å²) < 4.78 is 12.1. The molecule has 0 unspecified atom stereocenters. The molecule has 0 atom stereocenters. The number of rotatable bonds is 5. The molecule has 0 bridgehead atoms. The lowest BCUT2D eigenvalue weighted by molar-refractivity contribution is 0.295. The predicted octanol–water partition coefficient (Wildman–Crippen LogP) is 1.81. The number of nitrogens with zero attached hydrogens (tertiary/aromatic N) is 2. The van der Waals surface area contributed by atoms with Crippen LogP contribution in [0, 0.1) is 11.3 Å². The maximum absolute atomic E-state index is 11.8. The van der Waals surface area contributed by atoms with Crippen molar-refractivity contribution in [2.45, 2.75) is 6.54 Å². The SMILES string of the molecule is COc1ccc(OCCn2cccc(C#N)c2=O)cc1. The van der Waals surface area contributed by atoms with Crippen molar-refractivity contribution in [3.05, 3.63) is 58.5 Å². The second-order valence-electron chi connectivity index (χ2n) is 4.06. The van der Waals surface area contributed by atoms with E-state index in [9.17, 15) is 4.79 Å². The molecule has 0 aliphatic carbocycles. The summed E-state index contributed by atoms with van der Waals surface area (Å²) in [5, 5.41) is 8.79. The quantitative estimate of drug-likeness (QED) is 0.831. The van der Waals surface area contributed by atoms with Crippen LogP contribution in [0.4, 0.5) is 0 Å². The second-order valence-corrected chi connectivity index (χ2v) is 4.06. The van der Waals surface area contributed by atoms with Crippen molar-refractivity contribution in [2.24, 2.45) is 0 Å². The fourth-order valence-corrected chi connectivity index (χ4v) is 1.73. The molecule has 1 heterocycles. The minimum atomic E-state index is -0.298. The third kappa shape index (κ3) is 3.18. The average molecular weight is 270 g/mol. The number of aromatic nitrogens is 1. The maximum atomic E-state index is 11.8. The first-order chi connectivity index (χ1) is 9.74. The van der Waals surface area contributed by atoms with E-state index in [2.05, 4.69) is 0 Å². The van der Waals surface area contributed by atoms with Gasteiger partial charge in [0.25, 0.3) is 5.56 Å². The van der Waals surface area contributed by atoms with Gasteiger partial charge < -0.3 is 14.0 Å². The molecule has 20 heavy (non-hydrogen) atoms. The topological polar surface area (TPSA) is 64.2 Å². The number of nitriles is 1. The van der Waals surface area contributed by atoms with Gasteiger partial charge in [-0.1, -0.05) is 0 Å². The Morgan fingerprint density at radius 1 is 1.20 bits per heavy atom. The van der Waals surface area contributed by atoms with E-state index in [-0.39, 0.29) is 11.1 Å². The lowest BCUT2D eigenvalue weighted by Crippen LogP contribution is -2.24. The molecule has 2 rings (SSSR count). The van der Waals surface area contributed by atoms with E-state index < -0.39 is 0 Å². The molecule has 0 saturated heterocycles.